The molecule has 4 atom stereocenters. The van der Waals surface area contributed by atoms with E-state index >= 15 is 0 Å². The van der Waals surface area contributed by atoms with Crippen molar-refractivity contribution in [3.8, 4) is 10.4 Å². The number of rotatable bonds is 2. The van der Waals surface area contributed by atoms with Crippen LogP contribution in [0.3, 0.4) is 0 Å². The van der Waals surface area contributed by atoms with Crippen molar-refractivity contribution in [2.75, 3.05) is 31.1 Å². The molecular formula is C19H23N3S. The van der Waals surface area contributed by atoms with Gasteiger partial charge in [-0.3, -0.25) is 0 Å². The van der Waals surface area contributed by atoms with E-state index in [2.05, 4.69) is 47.2 Å². The minimum Gasteiger partial charge on any atom is -0.343 e. The first-order valence-corrected chi connectivity index (χ1v) is 9.58. The van der Waals surface area contributed by atoms with Gasteiger partial charge in [0.2, 0.25) is 0 Å². The van der Waals surface area contributed by atoms with Crippen LogP contribution in [0.25, 0.3) is 10.4 Å². The number of aryl methyl sites for hydroxylation is 1. The molecule has 0 spiro atoms. The Labute approximate surface area is 142 Å². The number of nitrogens with zero attached hydrogens (tertiary/aromatic N) is 3. The van der Waals surface area contributed by atoms with Crippen molar-refractivity contribution in [2.45, 2.75) is 25.8 Å². The van der Waals surface area contributed by atoms with Gasteiger partial charge in [-0.05, 0) is 37.2 Å². The van der Waals surface area contributed by atoms with Gasteiger partial charge in [0, 0.05) is 38.4 Å². The Balaban J connectivity index is 1.46. The van der Waals surface area contributed by atoms with E-state index in [1.165, 1.54) is 60.2 Å². The van der Waals surface area contributed by atoms with Crippen LogP contribution in [0.1, 0.15) is 18.4 Å². The summed E-state index contributed by atoms with van der Waals surface area (Å²) < 4.78 is 0. The molecule has 1 aromatic carbocycles. The van der Waals surface area contributed by atoms with Gasteiger partial charge in [-0.2, -0.15) is 0 Å². The number of hydrogen-bond acceptors (Lipinski definition) is 4. The SMILES string of the molecule is Cc1cccc(-c2cnc(N3CC4CC5CC3CN(C5)C4)s2)c1. The molecule has 120 valence electrons. The third-order valence-electron chi connectivity index (χ3n) is 5.71. The fraction of sp³-hybridized carbons (Fsp3) is 0.526. The summed E-state index contributed by atoms with van der Waals surface area (Å²) in [7, 11) is 0. The van der Waals surface area contributed by atoms with Gasteiger partial charge in [-0.25, -0.2) is 4.98 Å². The number of benzene rings is 1. The van der Waals surface area contributed by atoms with Crippen LogP contribution in [-0.4, -0.2) is 42.1 Å². The van der Waals surface area contributed by atoms with Gasteiger partial charge >= 0.3 is 0 Å². The summed E-state index contributed by atoms with van der Waals surface area (Å²) in [6.07, 6.45) is 4.87. The second-order valence-electron chi connectivity index (χ2n) is 7.60. The lowest BCUT2D eigenvalue weighted by Gasteiger charge is -2.41. The molecule has 0 amide bonds. The molecule has 0 saturated carbocycles. The van der Waals surface area contributed by atoms with Crippen LogP contribution in [0.5, 0.6) is 0 Å². The Morgan fingerprint density at radius 3 is 2.87 bits per heavy atom. The number of piperidine rings is 2. The first-order chi connectivity index (χ1) is 11.2. The van der Waals surface area contributed by atoms with E-state index in [0.29, 0.717) is 6.04 Å². The van der Waals surface area contributed by atoms with Crippen molar-refractivity contribution >= 4 is 16.5 Å². The Morgan fingerprint density at radius 2 is 2.00 bits per heavy atom. The van der Waals surface area contributed by atoms with Crippen LogP contribution >= 0.6 is 11.3 Å². The topological polar surface area (TPSA) is 19.4 Å². The molecule has 4 saturated heterocycles. The number of anilines is 1. The first-order valence-electron chi connectivity index (χ1n) is 8.76. The van der Waals surface area contributed by atoms with Gasteiger partial charge in [-0.1, -0.05) is 41.2 Å². The smallest absolute Gasteiger partial charge is 0.186 e. The van der Waals surface area contributed by atoms with Gasteiger partial charge in [0.25, 0.3) is 0 Å². The second kappa shape index (κ2) is 5.32. The minimum absolute atomic E-state index is 0.678. The lowest BCUT2D eigenvalue weighted by molar-refractivity contribution is 0.0980. The molecule has 5 heterocycles. The summed E-state index contributed by atoms with van der Waals surface area (Å²) in [6.45, 7) is 7.25. The predicted molar refractivity (Wildman–Crippen MR) is 96.1 cm³/mol. The van der Waals surface area contributed by atoms with Gasteiger partial charge in [0.05, 0.1) is 4.88 Å². The summed E-state index contributed by atoms with van der Waals surface area (Å²) in [6, 6.07) is 9.44. The Hall–Kier alpha value is -1.39. The summed E-state index contributed by atoms with van der Waals surface area (Å²) in [5.41, 5.74) is 2.62. The zero-order valence-electron chi connectivity index (χ0n) is 13.6. The highest BCUT2D eigenvalue weighted by Gasteiger charge is 2.42. The van der Waals surface area contributed by atoms with Crippen LogP contribution in [0.2, 0.25) is 0 Å². The molecule has 4 fully saturated rings. The standard InChI is InChI=1S/C19H23N3S/c1-13-3-2-4-16(5-13)18-8-20-19(23-18)22-11-15-6-14-7-17(22)12-21(9-14)10-15/h2-5,8,14-15,17H,6-7,9-12H2,1H3. The zero-order valence-corrected chi connectivity index (χ0v) is 14.4. The molecule has 3 nitrogen and oxygen atoms in total. The number of hydrogen-bond donors (Lipinski definition) is 0. The van der Waals surface area contributed by atoms with Crippen molar-refractivity contribution in [2.24, 2.45) is 11.8 Å². The largest absolute Gasteiger partial charge is 0.343 e. The summed E-state index contributed by atoms with van der Waals surface area (Å²) in [5.74, 6) is 1.77. The molecule has 1 aromatic heterocycles. The first kappa shape index (κ1) is 14.0. The van der Waals surface area contributed by atoms with E-state index in [-0.39, 0.29) is 0 Å². The van der Waals surface area contributed by atoms with E-state index in [4.69, 9.17) is 4.98 Å². The molecular weight excluding hydrogens is 302 g/mol. The van der Waals surface area contributed by atoms with Crippen molar-refractivity contribution in [3.63, 3.8) is 0 Å². The van der Waals surface area contributed by atoms with Crippen molar-refractivity contribution in [3.05, 3.63) is 36.0 Å². The molecule has 4 heteroatoms. The van der Waals surface area contributed by atoms with E-state index in [1.54, 1.807) is 0 Å². The molecule has 4 aliphatic rings. The highest BCUT2D eigenvalue weighted by molar-refractivity contribution is 7.18. The maximum atomic E-state index is 4.81. The van der Waals surface area contributed by atoms with Gasteiger partial charge in [0.15, 0.2) is 5.13 Å². The van der Waals surface area contributed by atoms with E-state index < -0.39 is 0 Å². The Kier molecular flexibility index (Phi) is 3.24. The second-order valence-corrected chi connectivity index (χ2v) is 8.61. The molecule has 4 unspecified atom stereocenters. The van der Waals surface area contributed by atoms with Crippen LogP contribution in [0, 0.1) is 18.8 Å². The van der Waals surface area contributed by atoms with Crippen LogP contribution in [0.4, 0.5) is 5.13 Å². The van der Waals surface area contributed by atoms with E-state index in [0.717, 1.165) is 11.8 Å². The number of aromatic nitrogens is 1. The molecule has 0 aliphatic carbocycles. The molecule has 2 aromatic rings. The fourth-order valence-electron chi connectivity index (χ4n) is 4.85. The van der Waals surface area contributed by atoms with E-state index in [9.17, 15) is 0 Å². The quantitative estimate of drug-likeness (QED) is 0.840. The van der Waals surface area contributed by atoms with Gasteiger partial charge in [0.1, 0.15) is 0 Å². The van der Waals surface area contributed by atoms with Crippen LogP contribution < -0.4 is 4.90 Å². The third kappa shape index (κ3) is 2.48. The summed E-state index contributed by atoms with van der Waals surface area (Å²) in [4.78, 5) is 11.4. The van der Waals surface area contributed by atoms with Gasteiger partial charge in [-0.15, -0.1) is 0 Å². The lowest BCUT2D eigenvalue weighted by atomic mass is 9.84. The molecule has 0 N–H and O–H groups in total. The predicted octanol–water partition coefficient (Wildman–Crippen LogP) is 3.65. The normalized spacial score (nSPS) is 32.3. The number of thiazole rings is 1. The summed E-state index contributed by atoms with van der Waals surface area (Å²) in [5, 5.41) is 1.24. The molecule has 23 heavy (non-hydrogen) atoms. The van der Waals surface area contributed by atoms with Crippen molar-refractivity contribution in [1.29, 1.82) is 0 Å². The third-order valence-corrected chi connectivity index (χ3v) is 6.79. The summed E-state index contributed by atoms with van der Waals surface area (Å²) >= 11 is 1.87. The van der Waals surface area contributed by atoms with Crippen molar-refractivity contribution in [1.82, 2.24) is 9.88 Å². The maximum Gasteiger partial charge on any atom is 0.186 e. The average molecular weight is 325 g/mol. The number of fused-ring (bicyclic) bond motifs is 1. The maximum absolute atomic E-state index is 4.81. The zero-order chi connectivity index (χ0) is 15.4. The molecule has 0 radical (unpaired) electrons. The lowest BCUT2D eigenvalue weighted by Crippen LogP contribution is -2.49. The fourth-order valence-corrected chi connectivity index (χ4v) is 5.84. The van der Waals surface area contributed by atoms with Crippen LogP contribution in [0.15, 0.2) is 30.5 Å². The Morgan fingerprint density at radius 1 is 1.09 bits per heavy atom. The van der Waals surface area contributed by atoms with Gasteiger partial charge < -0.3 is 9.80 Å². The van der Waals surface area contributed by atoms with Crippen molar-refractivity contribution < 1.29 is 0 Å². The minimum atomic E-state index is 0.678. The van der Waals surface area contributed by atoms with E-state index in [1.807, 2.05) is 11.3 Å². The average Bonchev–Trinajstić information content (AvgIpc) is 2.93. The molecule has 4 bridgehead atoms. The highest BCUT2D eigenvalue weighted by atomic mass is 32.1. The molecule has 4 aliphatic heterocycles. The van der Waals surface area contributed by atoms with Crippen LogP contribution in [-0.2, 0) is 0 Å². The molecule has 6 rings (SSSR count). The monoisotopic (exact) mass is 325 g/mol. The highest BCUT2D eigenvalue weighted by Crippen LogP contribution is 2.40. The Bertz CT molecular complexity index is 711.